The molecular weight excluding hydrogens is 186 g/mol. The van der Waals surface area contributed by atoms with Crippen molar-refractivity contribution in [2.75, 3.05) is 0 Å². The molecule has 1 aliphatic rings. The van der Waals surface area contributed by atoms with E-state index >= 15 is 0 Å². The lowest BCUT2D eigenvalue weighted by molar-refractivity contribution is -0.122. The second-order valence-corrected chi connectivity index (χ2v) is 4.39. The molecule has 80 valence electrons. The van der Waals surface area contributed by atoms with Gasteiger partial charge in [0.05, 0.1) is 0 Å². The van der Waals surface area contributed by atoms with Crippen molar-refractivity contribution in [1.82, 2.24) is 4.98 Å². The minimum Gasteiger partial charge on any atom is -0.300 e. The number of Topliss-reactive ketones (excluding diaryl/α,β-unsaturated/α-hetero) is 1. The lowest BCUT2D eigenvalue weighted by atomic mass is 9.74. The number of carbonyl (C=O) groups is 1. The molecule has 15 heavy (non-hydrogen) atoms. The van der Waals surface area contributed by atoms with Crippen molar-refractivity contribution in [3.63, 3.8) is 0 Å². The maximum atomic E-state index is 11.6. The average Bonchev–Trinajstić information content (AvgIpc) is 2.30. The van der Waals surface area contributed by atoms with Crippen LogP contribution in [0.25, 0.3) is 0 Å². The Labute approximate surface area is 90.7 Å². The highest BCUT2D eigenvalue weighted by atomic mass is 16.1. The molecule has 2 atom stereocenters. The van der Waals surface area contributed by atoms with Gasteiger partial charge in [-0.05, 0) is 37.3 Å². The molecule has 1 heterocycles. The van der Waals surface area contributed by atoms with E-state index in [4.69, 9.17) is 0 Å². The van der Waals surface area contributed by atoms with Crippen LogP contribution in [0.4, 0.5) is 0 Å². The Morgan fingerprint density at radius 1 is 1.40 bits per heavy atom. The molecule has 0 aliphatic heterocycles. The maximum absolute atomic E-state index is 11.6. The van der Waals surface area contributed by atoms with Gasteiger partial charge in [0.15, 0.2) is 0 Å². The summed E-state index contributed by atoms with van der Waals surface area (Å²) in [4.78, 5) is 15.7. The summed E-state index contributed by atoms with van der Waals surface area (Å²) in [6.45, 7) is 1.72. The van der Waals surface area contributed by atoms with E-state index in [2.05, 4.69) is 11.1 Å². The zero-order valence-corrected chi connectivity index (χ0v) is 9.15. The summed E-state index contributed by atoms with van der Waals surface area (Å²) >= 11 is 0. The summed E-state index contributed by atoms with van der Waals surface area (Å²) in [5.41, 5.74) is 1.23. The normalized spacial score (nSPS) is 26.2. The quantitative estimate of drug-likeness (QED) is 0.739. The third-order valence-corrected chi connectivity index (χ3v) is 3.40. The average molecular weight is 203 g/mol. The van der Waals surface area contributed by atoms with E-state index in [1.807, 2.05) is 12.3 Å². The summed E-state index contributed by atoms with van der Waals surface area (Å²) in [5.74, 6) is 0.969. The number of aromatic nitrogens is 1. The zero-order valence-electron chi connectivity index (χ0n) is 9.15. The maximum Gasteiger partial charge on any atom is 0.133 e. The molecule has 2 rings (SSSR count). The van der Waals surface area contributed by atoms with Gasteiger partial charge in [-0.2, -0.15) is 0 Å². The fourth-order valence-electron chi connectivity index (χ4n) is 2.61. The summed E-state index contributed by atoms with van der Waals surface area (Å²) in [7, 11) is 0. The van der Waals surface area contributed by atoms with Crippen LogP contribution >= 0.6 is 0 Å². The van der Waals surface area contributed by atoms with E-state index < -0.39 is 0 Å². The van der Waals surface area contributed by atoms with Crippen molar-refractivity contribution >= 4 is 5.78 Å². The van der Waals surface area contributed by atoms with Gasteiger partial charge in [-0.1, -0.05) is 18.9 Å². The number of ketones is 1. The minimum atomic E-state index is 0.225. The molecule has 2 unspecified atom stereocenters. The molecule has 0 bridgehead atoms. The van der Waals surface area contributed by atoms with Gasteiger partial charge in [-0.3, -0.25) is 9.78 Å². The monoisotopic (exact) mass is 203 g/mol. The summed E-state index contributed by atoms with van der Waals surface area (Å²) in [5, 5.41) is 0. The van der Waals surface area contributed by atoms with Crippen LogP contribution in [0, 0.1) is 5.92 Å². The molecule has 1 aliphatic carbocycles. The van der Waals surface area contributed by atoms with Crippen molar-refractivity contribution < 1.29 is 4.79 Å². The molecule has 0 saturated heterocycles. The second kappa shape index (κ2) is 4.56. The van der Waals surface area contributed by atoms with E-state index in [1.54, 1.807) is 13.1 Å². The molecule has 0 amide bonds. The molecule has 1 aromatic rings. The van der Waals surface area contributed by atoms with Crippen LogP contribution in [0.3, 0.4) is 0 Å². The zero-order chi connectivity index (χ0) is 10.7. The van der Waals surface area contributed by atoms with Crippen molar-refractivity contribution in [3.05, 3.63) is 30.1 Å². The first-order valence-electron chi connectivity index (χ1n) is 5.69. The Kier molecular flexibility index (Phi) is 3.14. The molecule has 1 saturated carbocycles. The Bertz CT molecular complexity index is 334. The highest BCUT2D eigenvalue weighted by Gasteiger charge is 2.29. The number of pyridine rings is 1. The van der Waals surface area contributed by atoms with E-state index in [0.29, 0.717) is 11.7 Å². The molecule has 0 spiro atoms. The third kappa shape index (κ3) is 2.25. The van der Waals surface area contributed by atoms with Gasteiger partial charge in [-0.25, -0.2) is 0 Å². The van der Waals surface area contributed by atoms with Crippen molar-refractivity contribution in [3.8, 4) is 0 Å². The van der Waals surface area contributed by atoms with Gasteiger partial charge < -0.3 is 0 Å². The Balaban J connectivity index is 2.22. The highest BCUT2D eigenvalue weighted by Crippen LogP contribution is 2.37. The Morgan fingerprint density at radius 3 is 2.87 bits per heavy atom. The van der Waals surface area contributed by atoms with Gasteiger partial charge >= 0.3 is 0 Å². The summed E-state index contributed by atoms with van der Waals surface area (Å²) in [6.07, 6.45) is 8.32. The molecule has 0 aromatic carbocycles. The molecular formula is C13H17NO. The highest BCUT2D eigenvalue weighted by molar-refractivity contribution is 5.79. The molecule has 0 radical (unpaired) electrons. The Hall–Kier alpha value is -1.18. The van der Waals surface area contributed by atoms with Crippen molar-refractivity contribution in [1.29, 1.82) is 0 Å². The predicted octanol–water partition coefficient (Wildman–Crippen LogP) is 2.94. The number of nitrogens with zero attached hydrogens (tertiary/aromatic N) is 1. The second-order valence-electron chi connectivity index (χ2n) is 4.39. The first-order chi connectivity index (χ1) is 7.29. The molecule has 2 heteroatoms. The smallest absolute Gasteiger partial charge is 0.133 e. The fourth-order valence-corrected chi connectivity index (χ4v) is 2.61. The van der Waals surface area contributed by atoms with Crippen LogP contribution < -0.4 is 0 Å². The van der Waals surface area contributed by atoms with Gasteiger partial charge in [0.2, 0.25) is 0 Å². The van der Waals surface area contributed by atoms with Crippen LogP contribution in [0.5, 0.6) is 0 Å². The summed E-state index contributed by atoms with van der Waals surface area (Å²) in [6, 6.07) is 4.06. The fraction of sp³-hybridized carbons (Fsp3) is 0.538. The first-order valence-corrected chi connectivity index (χ1v) is 5.69. The first kappa shape index (κ1) is 10.3. The van der Waals surface area contributed by atoms with Gasteiger partial charge in [0, 0.05) is 18.3 Å². The van der Waals surface area contributed by atoms with Gasteiger partial charge in [-0.15, -0.1) is 0 Å². The van der Waals surface area contributed by atoms with Gasteiger partial charge in [0.25, 0.3) is 0 Å². The van der Waals surface area contributed by atoms with E-state index in [1.165, 1.54) is 18.4 Å². The topological polar surface area (TPSA) is 30.0 Å². The summed E-state index contributed by atoms with van der Waals surface area (Å²) < 4.78 is 0. The number of carbonyl (C=O) groups excluding carboxylic acids is 1. The van der Waals surface area contributed by atoms with Crippen molar-refractivity contribution in [2.24, 2.45) is 5.92 Å². The van der Waals surface area contributed by atoms with E-state index in [-0.39, 0.29) is 5.92 Å². The molecule has 1 fully saturated rings. The SMILES string of the molecule is CC(=O)C1CCCCC1c1cccnc1. The lowest BCUT2D eigenvalue weighted by Crippen LogP contribution is -2.23. The van der Waals surface area contributed by atoms with Crippen LogP contribution in [-0.2, 0) is 4.79 Å². The Morgan fingerprint density at radius 2 is 2.20 bits per heavy atom. The molecule has 1 aromatic heterocycles. The molecule has 2 nitrogen and oxygen atoms in total. The molecule has 0 N–H and O–H groups in total. The van der Waals surface area contributed by atoms with Crippen LogP contribution in [0.1, 0.15) is 44.1 Å². The van der Waals surface area contributed by atoms with E-state index in [0.717, 1.165) is 12.8 Å². The lowest BCUT2D eigenvalue weighted by Gasteiger charge is -2.29. The van der Waals surface area contributed by atoms with Crippen LogP contribution in [-0.4, -0.2) is 10.8 Å². The standard InChI is InChI=1S/C13H17NO/c1-10(15)12-6-2-3-7-13(12)11-5-4-8-14-9-11/h4-5,8-9,12-13H,2-3,6-7H2,1H3. The van der Waals surface area contributed by atoms with E-state index in [9.17, 15) is 4.79 Å². The van der Waals surface area contributed by atoms with Crippen molar-refractivity contribution in [2.45, 2.75) is 38.5 Å². The minimum absolute atomic E-state index is 0.225. The van der Waals surface area contributed by atoms with Gasteiger partial charge in [0.1, 0.15) is 5.78 Å². The van der Waals surface area contributed by atoms with Crippen LogP contribution in [0.15, 0.2) is 24.5 Å². The number of hydrogen-bond acceptors (Lipinski definition) is 2. The predicted molar refractivity (Wildman–Crippen MR) is 59.6 cm³/mol. The largest absolute Gasteiger partial charge is 0.300 e. The third-order valence-electron chi connectivity index (χ3n) is 3.40. The van der Waals surface area contributed by atoms with Crippen LogP contribution in [0.2, 0.25) is 0 Å². The number of rotatable bonds is 2. The number of hydrogen-bond donors (Lipinski definition) is 0.